The summed E-state index contributed by atoms with van der Waals surface area (Å²) >= 11 is 3.47. The Morgan fingerprint density at radius 2 is 2.00 bits per heavy atom. The number of piperidine rings is 1. The summed E-state index contributed by atoms with van der Waals surface area (Å²) in [6.07, 6.45) is 4.81. The minimum absolute atomic E-state index is 0.130. The van der Waals surface area contributed by atoms with E-state index in [0.717, 1.165) is 35.5 Å². The maximum atomic E-state index is 9.84. The fraction of sp³-hybridized carbons (Fsp3) is 0.692. The van der Waals surface area contributed by atoms with Crippen LogP contribution in [0.2, 0.25) is 0 Å². The van der Waals surface area contributed by atoms with Gasteiger partial charge in [0.15, 0.2) is 0 Å². The van der Waals surface area contributed by atoms with Crippen LogP contribution < -0.4 is 4.90 Å². The van der Waals surface area contributed by atoms with Crippen LogP contribution in [-0.4, -0.2) is 33.3 Å². The molecule has 0 aromatic carbocycles. The molecule has 98 valence electrons. The summed E-state index contributed by atoms with van der Waals surface area (Å²) in [5.41, 5.74) is 0. The van der Waals surface area contributed by atoms with E-state index >= 15 is 0 Å². The quantitative estimate of drug-likeness (QED) is 0.851. The highest BCUT2D eigenvalue weighted by Crippen LogP contribution is 2.38. The van der Waals surface area contributed by atoms with Crippen molar-refractivity contribution in [2.75, 3.05) is 4.90 Å². The number of fused-ring (bicyclic) bond motifs is 2. The second kappa shape index (κ2) is 4.78. The molecule has 2 aliphatic heterocycles. The maximum Gasteiger partial charge on any atom is 0.133 e. The van der Waals surface area contributed by atoms with E-state index in [4.69, 9.17) is 0 Å². The van der Waals surface area contributed by atoms with Gasteiger partial charge in [0.1, 0.15) is 16.2 Å². The predicted octanol–water partition coefficient (Wildman–Crippen LogP) is 2.29. The van der Waals surface area contributed by atoms with Gasteiger partial charge in [0.2, 0.25) is 0 Å². The normalized spacial score (nSPS) is 30.8. The van der Waals surface area contributed by atoms with E-state index in [1.165, 1.54) is 12.8 Å². The third kappa shape index (κ3) is 2.14. The number of aliphatic hydroxyl groups is 1. The van der Waals surface area contributed by atoms with Gasteiger partial charge in [0.05, 0.1) is 6.10 Å². The van der Waals surface area contributed by atoms with Crippen LogP contribution in [0.5, 0.6) is 0 Å². The predicted molar refractivity (Wildman–Crippen MR) is 73.6 cm³/mol. The van der Waals surface area contributed by atoms with Crippen LogP contribution in [0.1, 0.15) is 38.4 Å². The molecule has 4 nitrogen and oxygen atoms in total. The largest absolute Gasteiger partial charge is 0.393 e. The maximum absolute atomic E-state index is 9.84. The van der Waals surface area contributed by atoms with Crippen molar-refractivity contribution in [3.05, 3.63) is 16.5 Å². The molecule has 0 spiro atoms. The monoisotopic (exact) mass is 311 g/mol. The molecule has 2 fully saturated rings. The summed E-state index contributed by atoms with van der Waals surface area (Å²) in [5.74, 6) is 1.90. The molecule has 18 heavy (non-hydrogen) atoms. The highest BCUT2D eigenvalue weighted by atomic mass is 79.9. The Kier molecular flexibility index (Phi) is 3.28. The number of rotatable bonds is 2. The minimum Gasteiger partial charge on any atom is -0.393 e. The lowest BCUT2D eigenvalue weighted by Crippen LogP contribution is -2.45. The first-order valence-corrected chi connectivity index (χ1v) is 7.46. The van der Waals surface area contributed by atoms with Crippen molar-refractivity contribution < 1.29 is 5.11 Å². The van der Waals surface area contributed by atoms with E-state index in [9.17, 15) is 5.11 Å². The molecule has 1 N–H and O–H groups in total. The van der Waals surface area contributed by atoms with E-state index in [2.05, 4.69) is 37.7 Å². The van der Waals surface area contributed by atoms with Gasteiger partial charge in [-0.1, -0.05) is 6.92 Å². The van der Waals surface area contributed by atoms with Crippen molar-refractivity contribution in [3.63, 3.8) is 0 Å². The first kappa shape index (κ1) is 12.4. The molecule has 2 unspecified atom stereocenters. The zero-order chi connectivity index (χ0) is 12.7. The average Bonchev–Trinajstić information content (AvgIpc) is 2.61. The van der Waals surface area contributed by atoms with Crippen molar-refractivity contribution in [2.24, 2.45) is 0 Å². The second-order valence-corrected chi connectivity index (χ2v) is 6.05. The molecule has 0 amide bonds. The van der Waals surface area contributed by atoms with Crippen LogP contribution in [0.3, 0.4) is 0 Å². The average molecular weight is 312 g/mol. The molecular weight excluding hydrogens is 294 g/mol. The van der Waals surface area contributed by atoms with Crippen molar-refractivity contribution in [3.8, 4) is 0 Å². The van der Waals surface area contributed by atoms with Crippen LogP contribution in [0.4, 0.5) is 5.82 Å². The third-order valence-electron chi connectivity index (χ3n) is 4.02. The van der Waals surface area contributed by atoms with Crippen LogP contribution in [0.15, 0.2) is 10.7 Å². The summed E-state index contributed by atoms with van der Waals surface area (Å²) in [5, 5.41) is 9.84. The van der Waals surface area contributed by atoms with E-state index in [0.29, 0.717) is 12.1 Å². The zero-order valence-electron chi connectivity index (χ0n) is 10.5. The first-order chi connectivity index (χ1) is 8.67. The Bertz CT molecular complexity index is 440. The molecule has 0 saturated carbocycles. The minimum atomic E-state index is -0.130. The van der Waals surface area contributed by atoms with Gasteiger partial charge in [-0.05, 0) is 41.6 Å². The van der Waals surface area contributed by atoms with Gasteiger partial charge < -0.3 is 10.0 Å². The summed E-state index contributed by atoms with van der Waals surface area (Å²) in [4.78, 5) is 11.4. The SMILES string of the molecule is CCc1nc(Br)cc(N2C3CCC2CC(O)C3)n1. The number of nitrogens with zero attached hydrogens (tertiary/aromatic N) is 3. The van der Waals surface area contributed by atoms with E-state index in [1.54, 1.807) is 0 Å². The van der Waals surface area contributed by atoms with Crippen LogP contribution >= 0.6 is 15.9 Å². The number of hydrogen-bond acceptors (Lipinski definition) is 4. The van der Waals surface area contributed by atoms with Gasteiger partial charge in [0, 0.05) is 24.6 Å². The number of hydrogen-bond donors (Lipinski definition) is 1. The number of aryl methyl sites for hydroxylation is 1. The summed E-state index contributed by atoms with van der Waals surface area (Å²) in [6.45, 7) is 2.07. The Balaban J connectivity index is 1.93. The van der Waals surface area contributed by atoms with Gasteiger partial charge in [-0.25, -0.2) is 9.97 Å². The van der Waals surface area contributed by atoms with Crippen molar-refractivity contribution >= 4 is 21.7 Å². The topological polar surface area (TPSA) is 49.2 Å². The lowest BCUT2D eigenvalue weighted by atomic mass is 10.00. The molecule has 1 aromatic heterocycles. The molecule has 0 aliphatic carbocycles. The molecule has 2 atom stereocenters. The van der Waals surface area contributed by atoms with E-state index in [1.807, 2.05) is 6.07 Å². The van der Waals surface area contributed by atoms with Gasteiger partial charge in [-0.3, -0.25) is 0 Å². The molecule has 0 radical (unpaired) electrons. The number of anilines is 1. The lowest BCUT2D eigenvalue weighted by Gasteiger charge is -2.38. The van der Waals surface area contributed by atoms with E-state index < -0.39 is 0 Å². The van der Waals surface area contributed by atoms with Crippen LogP contribution in [0, 0.1) is 0 Å². The highest BCUT2D eigenvalue weighted by Gasteiger charge is 2.40. The number of aliphatic hydroxyl groups excluding tert-OH is 1. The Morgan fingerprint density at radius 3 is 2.61 bits per heavy atom. The summed E-state index contributed by atoms with van der Waals surface area (Å²) in [7, 11) is 0. The number of aromatic nitrogens is 2. The Morgan fingerprint density at radius 1 is 1.33 bits per heavy atom. The molecule has 2 aliphatic rings. The molecule has 1 aromatic rings. The van der Waals surface area contributed by atoms with Crippen molar-refractivity contribution in [2.45, 2.75) is 57.2 Å². The second-order valence-electron chi connectivity index (χ2n) is 5.24. The molecule has 3 heterocycles. The molecular formula is C13H18BrN3O. The van der Waals surface area contributed by atoms with Crippen LogP contribution in [0.25, 0.3) is 0 Å². The smallest absolute Gasteiger partial charge is 0.133 e. The van der Waals surface area contributed by atoms with Gasteiger partial charge in [0.25, 0.3) is 0 Å². The first-order valence-electron chi connectivity index (χ1n) is 6.67. The lowest BCUT2D eigenvalue weighted by molar-refractivity contribution is 0.126. The van der Waals surface area contributed by atoms with Gasteiger partial charge >= 0.3 is 0 Å². The summed E-state index contributed by atoms with van der Waals surface area (Å²) < 4.78 is 0.856. The fourth-order valence-corrected chi connectivity index (χ4v) is 3.67. The molecule has 5 heteroatoms. The van der Waals surface area contributed by atoms with Gasteiger partial charge in [-0.2, -0.15) is 0 Å². The van der Waals surface area contributed by atoms with Crippen LogP contribution in [-0.2, 0) is 6.42 Å². The fourth-order valence-electron chi connectivity index (χ4n) is 3.26. The van der Waals surface area contributed by atoms with Gasteiger partial charge in [-0.15, -0.1) is 0 Å². The Hall–Kier alpha value is -0.680. The molecule has 3 rings (SSSR count). The van der Waals surface area contributed by atoms with Crippen molar-refractivity contribution in [1.29, 1.82) is 0 Å². The standard InChI is InChI=1S/C13H18BrN3O/c1-2-12-15-11(14)7-13(16-12)17-8-3-4-9(17)6-10(18)5-8/h7-10,18H,2-6H2,1H3. The number of halogens is 1. The molecule has 2 bridgehead atoms. The third-order valence-corrected chi connectivity index (χ3v) is 4.42. The Labute approximate surface area is 116 Å². The highest BCUT2D eigenvalue weighted by molar-refractivity contribution is 9.10. The molecule has 2 saturated heterocycles. The zero-order valence-corrected chi connectivity index (χ0v) is 12.1. The summed E-state index contributed by atoms with van der Waals surface area (Å²) in [6, 6.07) is 2.90. The van der Waals surface area contributed by atoms with E-state index in [-0.39, 0.29) is 6.10 Å². The van der Waals surface area contributed by atoms with Crippen molar-refractivity contribution in [1.82, 2.24) is 9.97 Å².